The Balaban J connectivity index is 1.03. The second kappa shape index (κ2) is 16.3. The van der Waals surface area contributed by atoms with Crippen LogP contribution in [0.3, 0.4) is 0 Å². The largest absolute Gasteiger partial charge is 0.310 e. The van der Waals surface area contributed by atoms with Crippen LogP contribution in [0, 0.1) is 0 Å². The summed E-state index contributed by atoms with van der Waals surface area (Å²) in [7, 11) is 0. The van der Waals surface area contributed by atoms with E-state index >= 15 is 0 Å². The van der Waals surface area contributed by atoms with Crippen LogP contribution in [0.5, 0.6) is 0 Å². The molecule has 1 aliphatic rings. The van der Waals surface area contributed by atoms with Crippen LogP contribution in [-0.2, 0) is 5.41 Å². The van der Waals surface area contributed by atoms with Crippen molar-refractivity contribution >= 4 is 49.4 Å². The molecule has 0 fully saturated rings. The van der Waals surface area contributed by atoms with Crippen LogP contribution in [0.15, 0.2) is 273 Å². The fourth-order valence-electron chi connectivity index (χ4n) is 11.4. The Morgan fingerprint density at radius 1 is 0.265 bits per heavy atom. The van der Waals surface area contributed by atoms with Gasteiger partial charge in [0.2, 0.25) is 0 Å². The van der Waals surface area contributed by atoms with E-state index in [4.69, 9.17) is 0 Å². The number of fused-ring (bicyclic) bond motifs is 7. The lowest BCUT2D eigenvalue weighted by Gasteiger charge is -2.34. The zero-order valence-corrected chi connectivity index (χ0v) is 37.4. The molecule has 0 N–H and O–H groups in total. The van der Waals surface area contributed by atoms with Crippen LogP contribution in [0.2, 0.25) is 0 Å². The van der Waals surface area contributed by atoms with Crippen LogP contribution in [-0.4, -0.2) is 0 Å². The lowest BCUT2D eigenvalue weighted by molar-refractivity contribution is 0.768. The maximum atomic E-state index is 2.47. The van der Waals surface area contributed by atoms with Crippen molar-refractivity contribution in [3.63, 3.8) is 0 Å². The van der Waals surface area contributed by atoms with Gasteiger partial charge >= 0.3 is 0 Å². The van der Waals surface area contributed by atoms with E-state index in [-0.39, 0.29) is 0 Å². The van der Waals surface area contributed by atoms with Gasteiger partial charge in [-0.25, -0.2) is 0 Å². The second-order valence-corrected chi connectivity index (χ2v) is 17.9. The lowest BCUT2D eigenvalue weighted by atomic mass is 9.68. The minimum atomic E-state index is -0.475. The first-order valence-corrected chi connectivity index (χ1v) is 23.6. The van der Waals surface area contributed by atoms with E-state index in [1.807, 2.05) is 0 Å². The highest BCUT2D eigenvalue weighted by molar-refractivity contribution is 6.22. The van der Waals surface area contributed by atoms with E-state index in [2.05, 4.69) is 278 Å². The Morgan fingerprint density at radius 3 is 1.49 bits per heavy atom. The van der Waals surface area contributed by atoms with Gasteiger partial charge in [0.25, 0.3) is 0 Å². The third kappa shape index (κ3) is 6.24. The Bertz CT molecular complexity index is 3790. The van der Waals surface area contributed by atoms with E-state index in [1.54, 1.807) is 0 Å². The van der Waals surface area contributed by atoms with Crippen molar-refractivity contribution in [3.05, 3.63) is 295 Å². The van der Waals surface area contributed by atoms with Crippen molar-refractivity contribution in [1.82, 2.24) is 0 Å². The summed E-state index contributed by atoms with van der Waals surface area (Å²) in [5, 5.41) is 7.39. The number of hydrogen-bond acceptors (Lipinski definition) is 1. The van der Waals surface area contributed by atoms with Gasteiger partial charge in [-0.2, -0.15) is 0 Å². The van der Waals surface area contributed by atoms with Crippen molar-refractivity contribution in [2.75, 3.05) is 4.90 Å². The number of benzene rings is 12. The molecule has 0 atom stereocenters. The minimum Gasteiger partial charge on any atom is -0.310 e. The maximum Gasteiger partial charge on any atom is 0.0713 e. The van der Waals surface area contributed by atoms with Crippen LogP contribution in [0.4, 0.5) is 17.1 Å². The molecule has 0 amide bonds. The number of hydrogen-bond donors (Lipinski definition) is 0. The molecule has 68 heavy (non-hydrogen) atoms. The Morgan fingerprint density at radius 2 is 0.765 bits per heavy atom. The molecule has 1 heteroatoms. The van der Waals surface area contributed by atoms with Gasteiger partial charge in [-0.1, -0.05) is 237 Å². The summed E-state index contributed by atoms with van der Waals surface area (Å²) >= 11 is 0. The minimum absolute atomic E-state index is 0.475. The third-order valence-corrected chi connectivity index (χ3v) is 14.3. The summed E-state index contributed by atoms with van der Waals surface area (Å²) in [6.07, 6.45) is 0. The predicted molar refractivity (Wildman–Crippen MR) is 287 cm³/mol. The van der Waals surface area contributed by atoms with Crippen LogP contribution >= 0.6 is 0 Å². The molecule has 12 aromatic carbocycles. The summed E-state index contributed by atoms with van der Waals surface area (Å²) in [4.78, 5) is 2.47. The summed E-state index contributed by atoms with van der Waals surface area (Å²) in [6, 6.07) is 101. The smallest absolute Gasteiger partial charge is 0.0713 e. The first-order valence-electron chi connectivity index (χ1n) is 23.6. The van der Waals surface area contributed by atoms with E-state index in [0.717, 1.165) is 22.6 Å². The van der Waals surface area contributed by atoms with Crippen LogP contribution in [0.25, 0.3) is 76.8 Å². The van der Waals surface area contributed by atoms with Gasteiger partial charge in [-0.15, -0.1) is 0 Å². The van der Waals surface area contributed by atoms with E-state index in [1.165, 1.54) is 93.5 Å². The van der Waals surface area contributed by atoms with E-state index < -0.39 is 5.41 Å². The van der Waals surface area contributed by atoms with Gasteiger partial charge in [0.15, 0.2) is 0 Å². The molecular formula is C67H45N. The summed E-state index contributed by atoms with van der Waals surface area (Å²) in [5.41, 5.74) is 17.7. The molecule has 1 nitrogen and oxygen atoms in total. The summed E-state index contributed by atoms with van der Waals surface area (Å²) in [6.45, 7) is 0. The molecular weight excluding hydrogens is 819 g/mol. The van der Waals surface area contributed by atoms with Crippen molar-refractivity contribution < 1.29 is 0 Å². The molecule has 0 saturated heterocycles. The first-order chi connectivity index (χ1) is 33.8. The Kier molecular flexibility index (Phi) is 9.47. The average molecular weight is 864 g/mol. The highest BCUT2D eigenvalue weighted by Gasteiger charge is 2.46. The molecule has 1 aliphatic carbocycles. The zero-order valence-electron chi connectivity index (χ0n) is 37.4. The number of rotatable bonds is 8. The quantitative estimate of drug-likeness (QED) is 0.138. The van der Waals surface area contributed by atoms with Crippen molar-refractivity contribution in [2.45, 2.75) is 5.41 Å². The lowest BCUT2D eigenvalue weighted by Crippen LogP contribution is -2.28. The highest BCUT2D eigenvalue weighted by atomic mass is 15.1. The predicted octanol–water partition coefficient (Wildman–Crippen LogP) is 18.0. The summed E-state index contributed by atoms with van der Waals surface area (Å²) < 4.78 is 0. The topological polar surface area (TPSA) is 3.24 Å². The van der Waals surface area contributed by atoms with Gasteiger partial charge in [0, 0.05) is 16.8 Å². The molecule has 0 spiro atoms. The third-order valence-electron chi connectivity index (χ3n) is 14.3. The van der Waals surface area contributed by atoms with E-state index in [0.29, 0.717) is 0 Å². The average Bonchev–Trinajstić information content (AvgIpc) is 3.72. The van der Waals surface area contributed by atoms with Gasteiger partial charge in [0.1, 0.15) is 0 Å². The molecule has 0 heterocycles. The van der Waals surface area contributed by atoms with Crippen molar-refractivity contribution in [1.29, 1.82) is 0 Å². The normalized spacial score (nSPS) is 12.5. The molecule has 0 unspecified atom stereocenters. The zero-order chi connectivity index (χ0) is 45.0. The molecule has 0 saturated carbocycles. The van der Waals surface area contributed by atoms with Crippen LogP contribution < -0.4 is 4.90 Å². The monoisotopic (exact) mass is 863 g/mol. The fourth-order valence-corrected chi connectivity index (χ4v) is 11.4. The Labute approximate surface area is 397 Å². The molecule has 318 valence electrons. The standard InChI is InChI=1S/C67H45N/c1-5-22-47(23-6-1)65-59-36-16-15-34-56(59)57-41-39-50(44-61(57)66(65)48-24-7-2-8-25-48)49-27-19-32-53(43-49)68(64-38-20-26-46-21-13-14-33-55(46)64)54-40-42-63-60(45-54)58-35-17-18-37-62(58)67(63,51-28-9-3-10-29-51)52-30-11-4-12-31-52/h1-45H. The molecule has 13 rings (SSSR count). The molecule has 0 aliphatic heterocycles. The van der Waals surface area contributed by atoms with Gasteiger partial charge in [0.05, 0.1) is 11.1 Å². The molecule has 12 aromatic rings. The molecule has 0 bridgehead atoms. The highest BCUT2D eigenvalue weighted by Crippen LogP contribution is 2.57. The fraction of sp³-hybridized carbons (Fsp3) is 0.0149. The van der Waals surface area contributed by atoms with Crippen molar-refractivity contribution in [3.8, 4) is 44.5 Å². The SMILES string of the molecule is c1ccc(-c2c(-c3ccccc3)c3cc(-c4cccc(N(c5ccc6c(c5)-c5ccccc5C6(c5ccccc5)c5ccccc5)c5cccc6ccccc56)c4)ccc3c3ccccc23)cc1. The van der Waals surface area contributed by atoms with Gasteiger partial charge < -0.3 is 4.90 Å². The van der Waals surface area contributed by atoms with Crippen LogP contribution in [0.1, 0.15) is 22.3 Å². The summed E-state index contributed by atoms with van der Waals surface area (Å²) in [5.74, 6) is 0. The number of nitrogens with zero attached hydrogens (tertiary/aromatic N) is 1. The maximum absolute atomic E-state index is 2.47. The molecule has 0 aromatic heterocycles. The number of anilines is 3. The molecule has 0 radical (unpaired) electrons. The van der Waals surface area contributed by atoms with Gasteiger partial charge in [-0.05, 0) is 130 Å². The first kappa shape index (κ1) is 39.6. The van der Waals surface area contributed by atoms with Crippen molar-refractivity contribution in [2.24, 2.45) is 0 Å². The van der Waals surface area contributed by atoms with E-state index in [9.17, 15) is 0 Å². The van der Waals surface area contributed by atoms with Gasteiger partial charge in [-0.3, -0.25) is 0 Å². The second-order valence-electron chi connectivity index (χ2n) is 17.9. The Hall–Kier alpha value is -8.78.